The zero-order chi connectivity index (χ0) is 12.2. The summed E-state index contributed by atoms with van der Waals surface area (Å²) < 4.78 is 0. The van der Waals surface area contributed by atoms with Gasteiger partial charge in [0.25, 0.3) is 0 Å². The van der Waals surface area contributed by atoms with Gasteiger partial charge in [0.1, 0.15) is 0 Å². The first kappa shape index (κ1) is 12.4. The van der Waals surface area contributed by atoms with E-state index in [0.29, 0.717) is 0 Å². The average Bonchev–Trinajstić information content (AvgIpc) is 3.03. The second-order valence-corrected chi connectivity index (χ2v) is 8.33. The Kier molecular flexibility index (Phi) is 4.16. The quantitative estimate of drug-likeness (QED) is 0.659. The summed E-state index contributed by atoms with van der Waals surface area (Å²) in [5.74, 6) is 0. The molecule has 3 heterocycles. The molecule has 3 heteroatoms. The molecule has 0 N–H and O–H groups in total. The van der Waals surface area contributed by atoms with E-state index in [-0.39, 0.29) is 0 Å². The van der Waals surface area contributed by atoms with Gasteiger partial charge in [-0.3, -0.25) is 0 Å². The zero-order valence-electron chi connectivity index (χ0n) is 9.96. The molecule has 0 saturated carbocycles. The predicted octanol–water partition coefficient (Wildman–Crippen LogP) is 5.22. The van der Waals surface area contributed by atoms with Crippen molar-refractivity contribution in [3.05, 3.63) is 55.9 Å². The fourth-order valence-electron chi connectivity index (χ4n) is 2.04. The molecule has 1 aliphatic rings. The molecule has 2 aromatic rings. The number of hydrogen-bond acceptors (Lipinski definition) is 2. The summed E-state index contributed by atoms with van der Waals surface area (Å²) in [6, 6.07) is 8.69. The van der Waals surface area contributed by atoms with Crippen LogP contribution in [0.25, 0.3) is 12.2 Å². The number of allylic oxidation sites excluding steroid dienone is 2. The van der Waals surface area contributed by atoms with Gasteiger partial charge in [-0.2, -0.15) is 0 Å². The van der Waals surface area contributed by atoms with E-state index in [1.165, 1.54) is 26.8 Å². The SMILES string of the molecule is C(=C1C[Se]CC(=Cc2cccs2)C1)c1cccs1. The van der Waals surface area contributed by atoms with E-state index in [4.69, 9.17) is 0 Å². The molecule has 0 unspecified atom stereocenters. The summed E-state index contributed by atoms with van der Waals surface area (Å²) in [5.41, 5.74) is 3.23. The van der Waals surface area contributed by atoms with Crippen molar-refractivity contribution in [3.8, 4) is 0 Å². The van der Waals surface area contributed by atoms with Crippen LogP contribution >= 0.6 is 22.7 Å². The van der Waals surface area contributed by atoms with Crippen LogP contribution in [0.2, 0.25) is 10.6 Å². The summed E-state index contributed by atoms with van der Waals surface area (Å²) in [6.45, 7) is 0. The Morgan fingerprint density at radius 1 is 0.889 bits per heavy atom. The van der Waals surface area contributed by atoms with Crippen LogP contribution in [-0.2, 0) is 0 Å². The van der Waals surface area contributed by atoms with Gasteiger partial charge >= 0.3 is 123 Å². The first-order valence-electron chi connectivity index (χ1n) is 5.94. The maximum absolute atomic E-state index is 2.40. The van der Waals surface area contributed by atoms with E-state index in [2.05, 4.69) is 47.2 Å². The summed E-state index contributed by atoms with van der Waals surface area (Å²) >= 11 is 4.43. The van der Waals surface area contributed by atoms with Gasteiger partial charge in [-0.1, -0.05) is 0 Å². The van der Waals surface area contributed by atoms with Gasteiger partial charge in [0.2, 0.25) is 0 Å². The molecule has 1 saturated heterocycles. The predicted molar refractivity (Wildman–Crippen MR) is 84.6 cm³/mol. The van der Waals surface area contributed by atoms with Crippen molar-refractivity contribution in [1.29, 1.82) is 0 Å². The summed E-state index contributed by atoms with van der Waals surface area (Å²) in [6.07, 6.45) is 5.97. The minimum atomic E-state index is 0.754. The first-order valence-corrected chi connectivity index (χ1v) is 10.1. The second kappa shape index (κ2) is 6.03. The molecule has 0 nitrogen and oxygen atoms in total. The molecule has 0 atom stereocenters. The maximum atomic E-state index is 2.40. The number of rotatable bonds is 2. The van der Waals surface area contributed by atoms with Gasteiger partial charge in [-0.25, -0.2) is 0 Å². The third-order valence-corrected chi connectivity index (χ3v) is 6.86. The Balaban J connectivity index is 1.76. The molecule has 0 aliphatic carbocycles. The monoisotopic (exact) mass is 338 g/mol. The molecule has 3 rings (SSSR count). The fourth-order valence-corrected chi connectivity index (χ4v) is 5.55. The first-order chi connectivity index (χ1) is 8.90. The van der Waals surface area contributed by atoms with E-state index in [9.17, 15) is 0 Å². The standard InChI is InChI=1S/C15H14S2Se/c1-3-14(16-5-1)8-12-7-13(11-18-10-12)9-15-4-2-6-17-15/h1-6,8-9H,7,10-11H2. The molecule has 0 bridgehead atoms. The van der Waals surface area contributed by atoms with Gasteiger partial charge in [-0.15, -0.1) is 0 Å². The van der Waals surface area contributed by atoms with Crippen molar-refractivity contribution >= 4 is 49.8 Å². The van der Waals surface area contributed by atoms with Crippen molar-refractivity contribution in [2.75, 3.05) is 0 Å². The van der Waals surface area contributed by atoms with Crippen molar-refractivity contribution in [2.24, 2.45) is 0 Å². The normalized spacial score (nSPS) is 20.7. The van der Waals surface area contributed by atoms with Crippen LogP contribution < -0.4 is 0 Å². The van der Waals surface area contributed by atoms with E-state index in [1.54, 1.807) is 11.1 Å². The summed E-state index contributed by atoms with van der Waals surface area (Å²) in [7, 11) is 0. The van der Waals surface area contributed by atoms with Crippen LogP contribution in [0.5, 0.6) is 0 Å². The molecule has 0 aromatic carbocycles. The molecular formula is C15H14S2Se. The molecule has 0 amide bonds. The molecule has 0 radical (unpaired) electrons. The molecule has 1 aliphatic heterocycles. The Labute approximate surface area is 122 Å². The molecular weight excluding hydrogens is 323 g/mol. The van der Waals surface area contributed by atoms with Gasteiger partial charge in [-0.05, 0) is 0 Å². The Morgan fingerprint density at radius 3 is 1.89 bits per heavy atom. The minimum absolute atomic E-state index is 0.754. The van der Waals surface area contributed by atoms with Crippen molar-refractivity contribution in [1.82, 2.24) is 0 Å². The Bertz CT molecular complexity index is 497. The van der Waals surface area contributed by atoms with Crippen LogP contribution in [0.4, 0.5) is 0 Å². The molecule has 0 spiro atoms. The summed E-state index contributed by atoms with van der Waals surface area (Å²) in [4.78, 5) is 2.80. The number of hydrogen-bond donors (Lipinski definition) is 0. The van der Waals surface area contributed by atoms with Crippen LogP contribution in [0.1, 0.15) is 16.2 Å². The van der Waals surface area contributed by atoms with E-state index in [1.807, 2.05) is 22.7 Å². The van der Waals surface area contributed by atoms with Crippen LogP contribution in [0, 0.1) is 0 Å². The molecule has 18 heavy (non-hydrogen) atoms. The van der Waals surface area contributed by atoms with Crippen LogP contribution in [0.15, 0.2) is 46.2 Å². The van der Waals surface area contributed by atoms with E-state index < -0.39 is 0 Å². The Morgan fingerprint density at radius 2 is 1.44 bits per heavy atom. The third-order valence-electron chi connectivity index (χ3n) is 2.81. The Hall–Kier alpha value is -0.601. The van der Waals surface area contributed by atoms with Gasteiger partial charge < -0.3 is 0 Å². The molecule has 2 aromatic heterocycles. The number of thiophene rings is 2. The fraction of sp³-hybridized carbons (Fsp3) is 0.200. The van der Waals surface area contributed by atoms with Crippen LogP contribution in [-0.4, -0.2) is 15.0 Å². The van der Waals surface area contributed by atoms with Crippen LogP contribution in [0.3, 0.4) is 0 Å². The van der Waals surface area contributed by atoms with Gasteiger partial charge in [0, 0.05) is 0 Å². The van der Waals surface area contributed by atoms with Crippen molar-refractivity contribution < 1.29 is 0 Å². The third kappa shape index (κ3) is 3.24. The van der Waals surface area contributed by atoms with E-state index >= 15 is 0 Å². The topological polar surface area (TPSA) is 0 Å². The van der Waals surface area contributed by atoms with Crippen molar-refractivity contribution in [3.63, 3.8) is 0 Å². The van der Waals surface area contributed by atoms with Gasteiger partial charge in [0.15, 0.2) is 0 Å². The molecule has 92 valence electrons. The average molecular weight is 337 g/mol. The van der Waals surface area contributed by atoms with Crippen molar-refractivity contribution in [2.45, 2.75) is 17.1 Å². The second-order valence-electron chi connectivity index (χ2n) is 4.31. The van der Waals surface area contributed by atoms with E-state index in [0.717, 1.165) is 15.0 Å². The summed E-state index contributed by atoms with van der Waals surface area (Å²) in [5, 5.41) is 6.96. The van der Waals surface area contributed by atoms with Gasteiger partial charge in [0.05, 0.1) is 0 Å². The molecule has 1 fully saturated rings. The zero-order valence-corrected chi connectivity index (χ0v) is 13.3.